The van der Waals surface area contributed by atoms with Gasteiger partial charge in [0.1, 0.15) is 19.8 Å². The Labute approximate surface area is 356 Å². The van der Waals surface area contributed by atoms with Crippen LogP contribution in [0.15, 0.2) is 60.8 Å². The molecule has 0 saturated heterocycles. The second-order valence-electron chi connectivity index (χ2n) is 16.4. The molecular weight excluding hydrogens is 750 g/mol. The maximum atomic E-state index is 12.7. The van der Waals surface area contributed by atoms with E-state index < -0.39 is 32.5 Å². The minimum atomic E-state index is -4.39. The van der Waals surface area contributed by atoms with E-state index >= 15 is 0 Å². The number of carbonyl (C=O) groups is 2. The normalized spacial score (nSPS) is 14.1. The summed E-state index contributed by atoms with van der Waals surface area (Å²) in [6, 6.07) is 0. The van der Waals surface area contributed by atoms with Gasteiger partial charge in [0.15, 0.2) is 6.10 Å². The van der Waals surface area contributed by atoms with Gasteiger partial charge in [0.05, 0.1) is 27.7 Å². The van der Waals surface area contributed by atoms with Crippen LogP contribution in [0.4, 0.5) is 0 Å². The lowest BCUT2D eigenvalue weighted by Gasteiger charge is -2.24. The highest BCUT2D eigenvalue weighted by atomic mass is 31.2. The van der Waals surface area contributed by atoms with Gasteiger partial charge >= 0.3 is 19.8 Å². The quantitative estimate of drug-likeness (QED) is 0.0213. The van der Waals surface area contributed by atoms with Crippen LogP contribution in [0.1, 0.15) is 181 Å². The van der Waals surface area contributed by atoms with Gasteiger partial charge in [0.2, 0.25) is 0 Å². The molecule has 0 aliphatic rings. The van der Waals surface area contributed by atoms with E-state index in [1.165, 1.54) is 77.0 Å². The van der Waals surface area contributed by atoms with Crippen molar-refractivity contribution in [1.29, 1.82) is 0 Å². The molecule has 0 amide bonds. The molecule has 9 nitrogen and oxygen atoms in total. The van der Waals surface area contributed by atoms with Crippen LogP contribution in [-0.4, -0.2) is 74.9 Å². The van der Waals surface area contributed by atoms with Gasteiger partial charge < -0.3 is 18.9 Å². The largest absolute Gasteiger partial charge is 0.472 e. The molecule has 336 valence electrons. The first-order chi connectivity index (χ1) is 28.0. The number of esters is 2. The highest BCUT2D eigenvalue weighted by Crippen LogP contribution is 2.43. The van der Waals surface area contributed by atoms with E-state index in [0.29, 0.717) is 23.9 Å². The Bertz CT molecular complexity index is 1170. The number of phosphoric ester groups is 1. The lowest BCUT2D eigenvalue weighted by atomic mass is 10.1. The van der Waals surface area contributed by atoms with Gasteiger partial charge in [-0.15, -0.1) is 0 Å². The van der Waals surface area contributed by atoms with Crippen molar-refractivity contribution < 1.29 is 42.1 Å². The summed E-state index contributed by atoms with van der Waals surface area (Å²) in [6.07, 6.45) is 48.4. The summed E-state index contributed by atoms with van der Waals surface area (Å²) in [5, 5.41) is 0. The van der Waals surface area contributed by atoms with Gasteiger partial charge in [0, 0.05) is 12.8 Å². The third-order valence-electron chi connectivity index (χ3n) is 9.52. The third-order valence-corrected chi connectivity index (χ3v) is 10.5. The summed E-state index contributed by atoms with van der Waals surface area (Å²) in [7, 11) is 1.44. The Balaban J connectivity index is 4.44. The Morgan fingerprint density at radius 2 is 0.931 bits per heavy atom. The van der Waals surface area contributed by atoms with Crippen LogP contribution in [0, 0.1) is 0 Å². The van der Waals surface area contributed by atoms with Crippen LogP contribution >= 0.6 is 7.82 Å². The van der Waals surface area contributed by atoms with Crippen molar-refractivity contribution >= 4 is 19.8 Å². The van der Waals surface area contributed by atoms with Crippen molar-refractivity contribution in [3.05, 3.63) is 60.8 Å². The number of rotatable bonds is 41. The zero-order chi connectivity index (χ0) is 42.8. The molecule has 0 fully saturated rings. The topological polar surface area (TPSA) is 108 Å². The monoisotopic (exact) mass is 837 g/mol. The van der Waals surface area contributed by atoms with Crippen molar-refractivity contribution in [3.63, 3.8) is 0 Å². The van der Waals surface area contributed by atoms with E-state index in [4.69, 9.17) is 18.5 Å². The highest BCUT2D eigenvalue weighted by molar-refractivity contribution is 7.47. The molecule has 1 unspecified atom stereocenters. The molecule has 0 aliphatic heterocycles. The molecule has 0 aromatic heterocycles. The van der Waals surface area contributed by atoms with Crippen LogP contribution < -0.4 is 0 Å². The minimum absolute atomic E-state index is 0.0207. The molecule has 0 aromatic rings. The Hall–Kier alpha value is -2.29. The summed E-state index contributed by atoms with van der Waals surface area (Å²) in [6.45, 7) is 4.33. The summed E-state index contributed by atoms with van der Waals surface area (Å²) in [5.74, 6) is -0.855. The summed E-state index contributed by atoms with van der Waals surface area (Å²) in [4.78, 5) is 35.4. The Morgan fingerprint density at radius 3 is 1.43 bits per heavy atom. The maximum absolute atomic E-state index is 12.7. The van der Waals surface area contributed by atoms with Crippen molar-refractivity contribution in [2.24, 2.45) is 0 Å². The number of carbonyl (C=O) groups excluding carboxylic acids is 2. The molecule has 0 aromatic carbocycles. The minimum Gasteiger partial charge on any atom is -0.462 e. The summed E-state index contributed by atoms with van der Waals surface area (Å²) in [5.41, 5.74) is 0. The Kier molecular flexibility index (Phi) is 38.5. The molecule has 0 aliphatic carbocycles. The standard InChI is InChI=1S/C48H86NO8P/c1-6-8-10-12-14-16-18-20-22-23-24-25-27-29-31-33-35-37-39-41-48(51)57-46(45-56-58(52,53)55-43-42-49(3,4)5)44-54-47(50)40-38-36-34-32-30-28-26-21-19-17-15-13-11-9-7-2/h14,16,20,22,24-25,28-31,46H,6-13,15,17-19,21,23,26-27,32-45H2,1-5H3/p+1/b16-14+,22-20+,25-24+,30-28+,31-29+/t46-/m1/s1. The van der Waals surface area contributed by atoms with Crippen molar-refractivity contribution in [2.75, 3.05) is 47.5 Å². The SMILES string of the molecule is CCCCC/C=C/C/C=C/C/C=C/C/C=C/CCCCCC(=O)O[C@H](COC(=O)CCCCC/C=C/CCCCCCCCCC)COP(=O)(O)OCC[N+](C)(C)C. The van der Waals surface area contributed by atoms with E-state index in [1.807, 2.05) is 21.1 Å². The van der Waals surface area contributed by atoms with Crippen molar-refractivity contribution in [2.45, 2.75) is 187 Å². The number of ether oxygens (including phenoxy) is 2. The smallest absolute Gasteiger partial charge is 0.462 e. The van der Waals surface area contributed by atoms with Crippen LogP contribution in [0.25, 0.3) is 0 Å². The van der Waals surface area contributed by atoms with Gasteiger partial charge in [-0.3, -0.25) is 18.6 Å². The van der Waals surface area contributed by atoms with Gasteiger partial charge in [-0.25, -0.2) is 4.57 Å². The molecular formula is C48H87NO8P+. The molecule has 1 N–H and O–H groups in total. The number of likely N-dealkylation sites (N-methyl/N-ethyl adjacent to an activating group) is 1. The maximum Gasteiger partial charge on any atom is 0.472 e. The molecule has 2 atom stereocenters. The molecule has 0 spiro atoms. The molecule has 0 saturated carbocycles. The fraction of sp³-hybridized carbons (Fsp3) is 0.750. The summed E-state index contributed by atoms with van der Waals surface area (Å²) >= 11 is 0. The molecule has 0 heterocycles. The first-order valence-electron chi connectivity index (χ1n) is 23.0. The van der Waals surface area contributed by atoms with E-state index in [1.54, 1.807) is 0 Å². The number of unbranched alkanes of at least 4 members (excludes halogenated alkanes) is 17. The van der Waals surface area contributed by atoms with E-state index in [2.05, 4.69) is 74.6 Å². The van der Waals surface area contributed by atoms with Gasteiger partial charge in [0.25, 0.3) is 0 Å². The number of allylic oxidation sites excluding steroid dienone is 10. The first kappa shape index (κ1) is 55.7. The Morgan fingerprint density at radius 1 is 0.534 bits per heavy atom. The molecule has 0 radical (unpaired) electrons. The number of phosphoric acid groups is 1. The van der Waals surface area contributed by atoms with Crippen LogP contribution in [0.5, 0.6) is 0 Å². The van der Waals surface area contributed by atoms with E-state index in [0.717, 1.165) is 64.2 Å². The summed E-state index contributed by atoms with van der Waals surface area (Å²) < 4.78 is 34.3. The van der Waals surface area contributed by atoms with Crippen LogP contribution in [0.2, 0.25) is 0 Å². The zero-order valence-corrected chi connectivity index (χ0v) is 38.7. The van der Waals surface area contributed by atoms with Crippen LogP contribution in [0.3, 0.4) is 0 Å². The number of hydrogen-bond acceptors (Lipinski definition) is 7. The third kappa shape index (κ3) is 43.3. The van der Waals surface area contributed by atoms with Gasteiger partial charge in [-0.1, -0.05) is 145 Å². The molecule has 10 heteroatoms. The highest BCUT2D eigenvalue weighted by Gasteiger charge is 2.27. The predicted octanol–water partition coefficient (Wildman–Crippen LogP) is 13.2. The molecule has 0 rings (SSSR count). The van der Waals surface area contributed by atoms with Crippen molar-refractivity contribution in [1.82, 2.24) is 0 Å². The second-order valence-corrected chi connectivity index (χ2v) is 17.9. The second kappa shape index (κ2) is 40.1. The van der Waals surface area contributed by atoms with Crippen LogP contribution in [-0.2, 0) is 32.7 Å². The van der Waals surface area contributed by atoms with E-state index in [9.17, 15) is 19.0 Å². The number of nitrogens with zero attached hydrogens (tertiary/aromatic N) is 1. The molecule has 0 bridgehead atoms. The predicted molar refractivity (Wildman–Crippen MR) is 243 cm³/mol. The average Bonchev–Trinajstić information content (AvgIpc) is 3.17. The fourth-order valence-corrected chi connectivity index (χ4v) is 6.61. The number of hydrogen-bond donors (Lipinski definition) is 1. The van der Waals surface area contributed by atoms with Gasteiger partial charge in [-0.2, -0.15) is 0 Å². The van der Waals surface area contributed by atoms with Crippen molar-refractivity contribution in [3.8, 4) is 0 Å². The molecule has 58 heavy (non-hydrogen) atoms. The zero-order valence-electron chi connectivity index (χ0n) is 37.8. The average molecular weight is 837 g/mol. The first-order valence-corrected chi connectivity index (χ1v) is 24.5. The van der Waals surface area contributed by atoms with E-state index in [-0.39, 0.29) is 26.1 Å². The lowest BCUT2D eigenvalue weighted by molar-refractivity contribution is -0.870. The lowest BCUT2D eigenvalue weighted by Crippen LogP contribution is -2.37. The number of quaternary nitrogens is 1. The fourth-order valence-electron chi connectivity index (χ4n) is 5.87. The van der Waals surface area contributed by atoms with Gasteiger partial charge in [-0.05, 0) is 83.5 Å².